The Kier molecular flexibility index (Phi) is 7.67. The van der Waals surface area contributed by atoms with E-state index < -0.39 is 5.97 Å². The number of hydrogen-bond donors (Lipinski definition) is 3. The summed E-state index contributed by atoms with van der Waals surface area (Å²) in [6, 6.07) is 6.25. The van der Waals surface area contributed by atoms with Crippen molar-refractivity contribution in [1.82, 2.24) is 15.3 Å². The van der Waals surface area contributed by atoms with Crippen LogP contribution in [-0.2, 0) is 16.0 Å². The first-order valence-electron chi connectivity index (χ1n) is 13.3. The molecule has 1 aromatic heterocycles. The molecule has 1 amide bonds. The molecule has 2 aliphatic carbocycles. The number of nitrogens with one attached hydrogen (secondary N) is 2. The lowest BCUT2D eigenvalue weighted by Gasteiger charge is -2.37. The Hall–Kier alpha value is -2.63. The minimum Gasteiger partial charge on any atom is -0.481 e. The van der Waals surface area contributed by atoms with Gasteiger partial charge in [-0.1, -0.05) is 50.5 Å². The molecule has 4 rings (SSSR count). The fraction of sp³-hybridized carbons (Fsp3) is 0.621. The first kappa shape index (κ1) is 25.5. The van der Waals surface area contributed by atoms with Gasteiger partial charge in [0, 0.05) is 19.4 Å². The van der Waals surface area contributed by atoms with Crippen molar-refractivity contribution in [3.05, 3.63) is 41.2 Å². The van der Waals surface area contributed by atoms with Crippen molar-refractivity contribution >= 4 is 22.9 Å². The molecule has 0 saturated heterocycles. The van der Waals surface area contributed by atoms with Crippen molar-refractivity contribution in [1.29, 1.82) is 0 Å². The Bertz CT molecular complexity index is 1090. The van der Waals surface area contributed by atoms with Gasteiger partial charge in [-0.25, -0.2) is 4.98 Å². The number of aliphatic carboxylic acids is 1. The van der Waals surface area contributed by atoms with Gasteiger partial charge in [-0.2, -0.15) is 0 Å². The van der Waals surface area contributed by atoms with Gasteiger partial charge in [0.1, 0.15) is 5.82 Å². The number of amides is 1. The van der Waals surface area contributed by atoms with E-state index in [1.807, 2.05) is 0 Å². The van der Waals surface area contributed by atoms with Crippen LogP contribution in [0.3, 0.4) is 0 Å². The van der Waals surface area contributed by atoms with Crippen LogP contribution in [0, 0.1) is 36.0 Å². The number of carboxylic acids is 1. The van der Waals surface area contributed by atoms with E-state index in [1.54, 1.807) is 0 Å². The highest BCUT2D eigenvalue weighted by Gasteiger charge is 2.38. The number of hydrogen-bond acceptors (Lipinski definition) is 3. The van der Waals surface area contributed by atoms with Crippen LogP contribution in [0.5, 0.6) is 0 Å². The predicted molar refractivity (Wildman–Crippen MR) is 139 cm³/mol. The summed E-state index contributed by atoms with van der Waals surface area (Å²) < 4.78 is 0. The van der Waals surface area contributed by atoms with Crippen LogP contribution in [-0.4, -0.2) is 33.5 Å². The van der Waals surface area contributed by atoms with Gasteiger partial charge in [-0.05, 0) is 73.8 Å². The summed E-state index contributed by atoms with van der Waals surface area (Å²) in [5.74, 6) is 1.98. The molecule has 1 aromatic carbocycles. The minimum absolute atomic E-state index is 0.00137. The number of carbonyl (C=O) groups is 2. The summed E-state index contributed by atoms with van der Waals surface area (Å²) in [6.07, 6.45) is 8.50. The Morgan fingerprint density at radius 3 is 2.60 bits per heavy atom. The van der Waals surface area contributed by atoms with Gasteiger partial charge in [0.25, 0.3) is 0 Å². The third-order valence-electron chi connectivity index (χ3n) is 8.55. The smallest absolute Gasteiger partial charge is 0.303 e. The first-order valence-corrected chi connectivity index (χ1v) is 13.3. The van der Waals surface area contributed by atoms with Crippen LogP contribution in [0.2, 0.25) is 0 Å². The zero-order valence-corrected chi connectivity index (χ0v) is 21.7. The Morgan fingerprint density at radius 1 is 1.20 bits per heavy atom. The van der Waals surface area contributed by atoms with Crippen LogP contribution >= 0.6 is 0 Å². The van der Waals surface area contributed by atoms with E-state index in [9.17, 15) is 14.7 Å². The van der Waals surface area contributed by atoms with E-state index in [2.05, 4.69) is 62.3 Å². The highest BCUT2D eigenvalue weighted by Crippen LogP contribution is 2.44. The molecular formula is C29H41N3O3. The average molecular weight is 480 g/mol. The molecule has 6 heteroatoms. The molecule has 0 radical (unpaired) electrons. The molecule has 3 atom stereocenters. The molecule has 0 bridgehead atoms. The van der Waals surface area contributed by atoms with Crippen LogP contribution in [0.15, 0.2) is 29.8 Å². The molecule has 35 heavy (non-hydrogen) atoms. The number of aromatic nitrogens is 2. The number of fused-ring (bicyclic) bond motifs is 1. The lowest BCUT2D eigenvalue weighted by atomic mass is 9.69. The van der Waals surface area contributed by atoms with E-state index in [-0.39, 0.29) is 17.7 Å². The minimum atomic E-state index is -0.795. The summed E-state index contributed by atoms with van der Waals surface area (Å²) >= 11 is 0. The van der Waals surface area contributed by atoms with Crippen LogP contribution in [0.4, 0.5) is 0 Å². The summed E-state index contributed by atoms with van der Waals surface area (Å²) in [7, 11) is 0. The molecule has 1 saturated carbocycles. The van der Waals surface area contributed by atoms with Gasteiger partial charge in [-0.3, -0.25) is 9.59 Å². The Balaban J connectivity index is 1.41. The summed E-state index contributed by atoms with van der Waals surface area (Å²) in [6.45, 7) is 9.48. The number of para-hydroxylation sites is 1. The standard InChI is InChI=1S/C29H41N3O3/c1-18(2)23-13-21(14-25-31-24-9-7-8-19(3)28(24)32-25)20(4)12-22(23)17-30-26(33)15-29(16-27(34)35)10-5-6-11-29/h7-9,12,18,21-23H,5-6,10-11,13-17H2,1-4H3,(H,30,33)(H,31,32)(H,34,35)/t21-,22-,23-/m0/s1. The van der Waals surface area contributed by atoms with Crippen LogP contribution in [0.25, 0.3) is 11.0 Å². The zero-order valence-electron chi connectivity index (χ0n) is 21.7. The Morgan fingerprint density at radius 2 is 1.94 bits per heavy atom. The van der Waals surface area contributed by atoms with Crippen molar-refractivity contribution in [2.45, 2.75) is 79.1 Å². The number of nitrogens with zero attached hydrogens (tertiary/aromatic N) is 1. The lowest BCUT2D eigenvalue weighted by molar-refractivity contribution is -0.140. The number of H-pyrrole nitrogens is 1. The number of aryl methyl sites for hydroxylation is 1. The van der Waals surface area contributed by atoms with Gasteiger partial charge in [0.15, 0.2) is 0 Å². The maximum absolute atomic E-state index is 12.9. The second-order valence-corrected chi connectivity index (χ2v) is 11.5. The van der Waals surface area contributed by atoms with Gasteiger partial charge >= 0.3 is 5.97 Å². The molecule has 1 heterocycles. The number of aromatic amines is 1. The average Bonchev–Trinajstić information content (AvgIpc) is 3.40. The highest BCUT2D eigenvalue weighted by atomic mass is 16.4. The molecule has 0 aliphatic heterocycles. The molecular weight excluding hydrogens is 438 g/mol. The molecule has 6 nitrogen and oxygen atoms in total. The summed E-state index contributed by atoms with van der Waals surface area (Å²) in [4.78, 5) is 32.6. The fourth-order valence-corrected chi connectivity index (χ4v) is 6.56. The molecule has 190 valence electrons. The van der Waals surface area contributed by atoms with Gasteiger partial charge in [-0.15, -0.1) is 0 Å². The molecule has 1 fully saturated rings. The van der Waals surface area contributed by atoms with Crippen LogP contribution < -0.4 is 5.32 Å². The van der Waals surface area contributed by atoms with Crippen molar-refractivity contribution in [2.75, 3.05) is 6.54 Å². The quantitative estimate of drug-likeness (QED) is 0.396. The van der Waals surface area contributed by atoms with Gasteiger partial charge in [0.2, 0.25) is 5.91 Å². The summed E-state index contributed by atoms with van der Waals surface area (Å²) in [5, 5.41) is 12.5. The third-order valence-corrected chi connectivity index (χ3v) is 8.55. The van der Waals surface area contributed by atoms with E-state index in [4.69, 9.17) is 4.98 Å². The normalized spacial score (nSPS) is 24.0. The predicted octanol–water partition coefficient (Wildman–Crippen LogP) is 5.81. The molecule has 0 spiro atoms. The number of carboxylic acid groups (broad SMARTS) is 1. The Labute approximate surface area is 209 Å². The summed E-state index contributed by atoms with van der Waals surface area (Å²) in [5.41, 5.74) is 4.36. The number of allylic oxidation sites excluding steroid dienone is 1. The SMILES string of the molecule is CC1=C[C@@H](CNC(=O)CC2(CC(=O)O)CCCC2)[C@H](C(C)C)C[C@H]1Cc1nc2c(C)cccc2[nH]1. The van der Waals surface area contributed by atoms with Crippen molar-refractivity contribution in [2.24, 2.45) is 29.1 Å². The second-order valence-electron chi connectivity index (χ2n) is 11.5. The number of imidazole rings is 1. The number of carbonyl (C=O) groups excluding carboxylic acids is 1. The highest BCUT2D eigenvalue weighted by molar-refractivity contribution is 5.79. The van der Waals surface area contributed by atoms with Gasteiger partial charge in [0.05, 0.1) is 17.5 Å². The number of benzene rings is 1. The molecule has 2 aromatic rings. The molecule has 3 N–H and O–H groups in total. The first-order chi connectivity index (χ1) is 16.7. The molecule has 0 unspecified atom stereocenters. The largest absolute Gasteiger partial charge is 0.481 e. The third kappa shape index (κ3) is 5.96. The van der Waals surface area contributed by atoms with Crippen molar-refractivity contribution < 1.29 is 14.7 Å². The van der Waals surface area contributed by atoms with Gasteiger partial charge < -0.3 is 15.4 Å². The second kappa shape index (κ2) is 10.5. The molecule has 2 aliphatic rings. The van der Waals surface area contributed by atoms with E-state index >= 15 is 0 Å². The lowest BCUT2D eigenvalue weighted by Crippen LogP contribution is -2.39. The van der Waals surface area contributed by atoms with Crippen molar-refractivity contribution in [3.8, 4) is 0 Å². The topological polar surface area (TPSA) is 95.1 Å². The maximum atomic E-state index is 12.9. The number of rotatable bonds is 9. The van der Waals surface area contributed by atoms with Crippen molar-refractivity contribution in [3.63, 3.8) is 0 Å². The van der Waals surface area contributed by atoms with Crippen LogP contribution in [0.1, 0.15) is 77.1 Å². The van der Waals surface area contributed by atoms with E-state index in [0.717, 1.165) is 55.4 Å². The monoisotopic (exact) mass is 479 g/mol. The van der Waals surface area contributed by atoms with E-state index in [0.29, 0.717) is 36.6 Å². The zero-order chi connectivity index (χ0) is 25.2. The maximum Gasteiger partial charge on any atom is 0.303 e. The van der Waals surface area contributed by atoms with E-state index in [1.165, 1.54) is 11.1 Å². The fourth-order valence-electron chi connectivity index (χ4n) is 6.56.